The summed E-state index contributed by atoms with van der Waals surface area (Å²) in [6.07, 6.45) is 0. The predicted octanol–water partition coefficient (Wildman–Crippen LogP) is 8.08. The third-order valence-corrected chi connectivity index (χ3v) is 10.7. The van der Waals surface area contributed by atoms with Gasteiger partial charge in [-0.05, 0) is 68.6 Å². The van der Waals surface area contributed by atoms with Gasteiger partial charge in [0.1, 0.15) is 11.5 Å². The van der Waals surface area contributed by atoms with Gasteiger partial charge in [0.15, 0.2) is 0 Å². The van der Waals surface area contributed by atoms with Gasteiger partial charge >= 0.3 is 0 Å². The quantitative estimate of drug-likeness (QED) is 0.178. The van der Waals surface area contributed by atoms with E-state index in [0.717, 1.165) is 17.2 Å². The van der Waals surface area contributed by atoms with E-state index in [4.69, 9.17) is 4.74 Å². The molecule has 0 amide bonds. The van der Waals surface area contributed by atoms with Crippen molar-refractivity contribution in [1.82, 2.24) is 4.57 Å². The van der Waals surface area contributed by atoms with E-state index in [0.29, 0.717) is 0 Å². The molecule has 3 aliphatic rings. The molecule has 0 fully saturated rings. The normalized spacial score (nSPS) is 14.4. The molecule has 2 nitrogen and oxygen atoms in total. The maximum atomic E-state index is 6.97. The second-order valence-electron chi connectivity index (χ2n) is 12.8. The van der Waals surface area contributed by atoms with Crippen LogP contribution in [-0.4, -0.2) is 11.3 Å². The molecule has 2 aliphatic heterocycles. The lowest BCUT2D eigenvalue weighted by Gasteiger charge is -2.45. The molecule has 0 N–H and O–H groups in total. The highest BCUT2D eigenvalue weighted by molar-refractivity contribution is 6.98. The summed E-state index contributed by atoms with van der Waals surface area (Å²) in [4.78, 5) is 0. The lowest BCUT2D eigenvalue weighted by Crippen LogP contribution is -2.63. The first kappa shape index (κ1) is 24.5. The monoisotopic (exact) mass is 583 g/mol. The van der Waals surface area contributed by atoms with Crippen molar-refractivity contribution in [2.75, 3.05) is 0 Å². The van der Waals surface area contributed by atoms with Gasteiger partial charge in [0.2, 0.25) is 0 Å². The first-order chi connectivity index (χ1) is 22.8. The molecule has 0 unspecified atom stereocenters. The van der Waals surface area contributed by atoms with Crippen LogP contribution in [-0.2, 0) is 5.41 Å². The van der Waals surface area contributed by atoms with Crippen LogP contribution in [0.1, 0.15) is 22.3 Å². The van der Waals surface area contributed by atoms with Gasteiger partial charge < -0.3 is 9.30 Å². The summed E-state index contributed by atoms with van der Waals surface area (Å²) in [6.45, 7) is 0.0731. The summed E-state index contributed by atoms with van der Waals surface area (Å²) in [5, 5.41) is 2.51. The molecule has 0 bridgehead atoms. The fourth-order valence-corrected chi connectivity index (χ4v) is 9.09. The van der Waals surface area contributed by atoms with Crippen LogP contribution in [0.5, 0.6) is 11.5 Å². The number of nitrogens with zero attached hydrogens (tertiary/aromatic N) is 1. The number of hydrogen-bond donors (Lipinski definition) is 0. The molecule has 1 aromatic heterocycles. The SMILES string of the molecule is c1ccc2c(c1)Oc1cc(-n3c4ccccc4c4ccccc43)cc3c1B2c1ccccc1C31c2ccccc2-c2ccccc21. The van der Waals surface area contributed by atoms with E-state index in [-0.39, 0.29) is 6.71 Å². The molecule has 3 heteroatoms. The van der Waals surface area contributed by atoms with E-state index in [1.54, 1.807) is 0 Å². The Bertz CT molecular complexity index is 2500. The third-order valence-electron chi connectivity index (χ3n) is 10.7. The van der Waals surface area contributed by atoms with E-state index in [2.05, 4.69) is 162 Å². The topological polar surface area (TPSA) is 14.2 Å². The molecule has 0 saturated heterocycles. The first-order valence-electron chi connectivity index (χ1n) is 16.1. The minimum atomic E-state index is -0.491. The van der Waals surface area contributed by atoms with Gasteiger partial charge in [0.05, 0.1) is 22.1 Å². The molecule has 0 radical (unpaired) electrons. The van der Waals surface area contributed by atoms with Crippen molar-refractivity contribution in [3.63, 3.8) is 0 Å². The molecule has 11 rings (SSSR count). The number of aromatic nitrogens is 1. The van der Waals surface area contributed by atoms with Crippen LogP contribution in [0.3, 0.4) is 0 Å². The molecule has 1 aliphatic carbocycles. The Balaban J connectivity index is 1.35. The van der Waals surface area contributed by atoms with E-state index in [1.165, 1.54) is 71.6 Å². The first-order valence-corrected chi connectivity index (χ1v) is 16.1. The number of hydrogen-bond acceptors (Lipinski definition) is 1. The Morgan fingerprint density at radius 1 is 0.457 bits per heavy atom. The van der Waals surface area contributed by atoms with Crippen LogP contribution >= 0.6 is 0 Å². The zero-order valence-electron chi connectivity index (χ0n) is 24.9. The lowest BCUT2D eigenvalue weighted by atomic mass is 9.30. The largest absolute Gasteiger partial charge is 0.458 e. The zero-order valence-corrected chi connectivity index (χ0v) is 24.9. The van der Waals surface area contributed by atoms with Gasteiger partial charge in [-0.1, -0.05) is 133 Å². The van der Waals surface area contributed by atoms with Crippen LogP contribution in [0.4, 0.5) is 0 Å². The van der Waals surface area contributed by atoms with Crippen LogP contribution < -0.4 is 21.1 Å². The smallest absolute Gasteiger partial charge is 0.251 e. The highest BCUT2D eigenvalue weighted by atomic mass is 16.5. The van der Waals surface area contributed by atoms with Gasteiger partial charge in [0, 0.05) is 16.8 Å². The lowest BCUT2D eigenvalue weighted by molar-refractivity contribution is 0.485. The average molecular weight is 583 g/mol. The van der Waals surface area contributed by atoms with Gasteiger partial charge in [-0.3, -0.25) is 0 Å². The summed E-state index contributed by atoms with van der Waals surface area (Å²) >= 11 is 0. The fraction of sp³-hybridized carbons (Fsp3) is 0.0233. The maximum Gasteiger partial charge on any atom is 0.251 e. The van der Waals surface area contributed by atoms with Crippen LogP contribution in [0.25, 0.3) is 38.6 Å². The molecular formula is C43H26BNO. The zero-order chi connectivity index (χ0) is 30.0. The Morgan fingerprint density at radius 2 is 1.00 bits per heavy atom. The second kappa shape index (κ2) is 8.68. The minimum absolute atomic E-state index is 0.0731. The Labute approximate surface area is 267 Å². The molecule has 0 atom stereocenters. The Kier molecular flexibility index (Phi) is 4.63. The number of benzene rings is 7. The molecule has 8 aromatic rings. The van der Waals surface area contributed by atoms with Crippen LogP contribution in [0.2, 0.25) is 0 Å². The van der Waals surface area contributed by atoms with Crippen LogP contribution in [0, 0.1) is 0 Å². The second-order valence-corrected chi connectivity index (χ2v) is 12.8. The van der Waals surface area contributed by atoms with Gasteiger partial charge in [-0.25, -0.2) is 0 Å². The maximum absolute atomic E-state index is 6.97. The van der Waals surface area contributed by atoms with E-state index in [9.17, 15) is 0 Å². The van der Waals surface area contributed by atoms with Gasteiger partial charge in [-0.2, -0.15) is 0 Å². The number of fused-ring (bicyclic) bond motifs is 14. The van der Waals surface area contributed by atoms with Crippen molar-refractivity contribution >= 4 is 44.9 Å². The fourth-order valence-electron chi connectivity index (χ4n) is 9.09. The Morgan fingerprint density at radius 3 is 1.70 bits per heavy atom. The summed E-state index contributed by atoms with van der Waals surface area (Å²) < 4.78 is 9.40. The van der Waals surface area contributed by atoms with Crippen molar-refractivity contribution in [2.45, 2.75) is 5.41 Å². The predicted molar refractivity (Wildman–Crippen MR) is 189 cm³/mol. The molecule has 46 heavy (non-hydrogen) atoms. The molecule has 212 valence electrons. The molecule has 0 saturated carbocycles. The summed E-state index contributed by atoms with van der Waals surface area (Å²) in [7, 11) is 0. The van der Waals surface area contributed by atoms with E-state index in [1.807, 2.05) is 0 Å². The van der Waals surface area contributed by atoms with Crippen molar-refractivity contribution in [3.05, 3.63) is 180 Å². The number of ether oxygens (including phenoxy) is 1. The molecule has 1 spiro atoms. The van der Waals surface area contributed by atoms with Crippen molar-refractivity contribution < 1.29 is 4.74 Å². The summed E-state index contributed by atoms with van der Waals surface area (Å²) in [5.74, 6) is 1.87. The highest BCUT2D eigenvalue weighted by Gasteiger charge is 2.54. The Hall–Kier alpha value is -5.80. The average Bonchev–Trinajstić information content (AvgIpc) is 3.61. The third kappa shape index (κ3) is 2.85. The summed E-state index contributed by atoms with van der Waals surface area (Å²) in [5.41, 5.74) is 14.8. The van der Waals surface area contributed by atoms with Gasteiger partial charge in [-0.15, -0.1) is 0 Å². The number of rotatable bonds is 1. The summed E-state index contributed by atoms with van der Waals surface area (Å²) in [6, 6.07) is 58.1. The van der Waals surface area contributed by atoms with Crippen molar-refractivity contribution in [2.24, 2.45) is 0 Å². The number of para-hydroxylation sites is 3. The standard InChI is InChI=1S/C43H26BNO/c1-5-17-32-28(13-1)29-14-2-6-18-33(29)43(32)34-19-7-8-20-36(34)44-37-21-9-12-24-40(37)46-41-26-27(25-35(43)42(41)44)45-38-22-10-3-15-30(38)31-16-4-11-23-39(31)45/h1-26H. The van der Waals surface area contributed by atoms with Crippen molar-refractivity contribution in [1.29, 1.82) is 0 Å². The molecule has 3 heterocycles. The molecule has 7 aromatic carbocycles. The minimum Gasteiger partial charge on any atom is -0.458 e. The van der Waals surface area contributed by atoms with E-state index < -0.39 is 5.41 Å². The van der Waals surface area contributed by atoms with Crippen molar-refractivity contribution in [3.8, 4) is 28.3 Å². The van der Waals surface area contributed by atoms with E-state index >= 15 is 0 Å². The highest BCUT2D eigenvalue weighted by Crippen LogP contribution is 2.57. The van der Waals surface area contributed by atoms with Crippen LogP contribution in [0.15, 0.2) is 158 Å². The molecular weight excluding hydrogens is 557 g/mol. The van der Waals surface area contributed by atoms with Gasteiger partial charge in [0.25, 0.3) is 6.71 Å².